The van der Waals surface area contributed by atoms with Gasteiger partial charge in [0.25, 0.3) is 0 Å². The predicted octanol–water partition coefficient (Wildman–Crippen LogP) is 2.75. The van der Waals surface area contributed by atoms with Crippen LogP contribution in [0.1, 0.15) is 31.7 Å². The minimum absolute atomic E-state index is 0.189. The maximum Gasteiger partial charge on any atom is 0.211 e. The minimum atomic E-state index is -3.17. The van der Waals surface area contributed by atoms with E-state index >= 15 is 0 Å². The molecule has 0 spiro atoms. The Kier molecular flexibility index (Phi) is 5.95. The van der Waals surface area contributed by atoms with Gasteiger partial charge < -0.3 is 0 Å². The Balaban J connectivity index is 2.41. The lowest BCUT2D eigenvalue weighted by Crippen LogP contribution is -2.25. The average molecular weight is 275 g/mol. The van der Waals surface area contributed by atoms with E-state index in [0.29, 0.717) is 11.4 Å². The number of nitrogens with one attached hydrogen (secondary N) is 1. The van der Waals surface area contributed by atoms with Crippen molar-refractivity contribution in [2.75, 3.05) is 5.75 Å². The molecule has 0 aliphatic carbocycles. The molecule has 0 aliphatic heterocycles. The third-order valence-corrected chi connectivity index (χ3v) is 3.98. The van der Waals surface area contributed by atoms with Crippen molar-refractivity contribution in [1.82, 2.24) is 4.72 Å². The van der Waals surface area contributed by atoms with Crippen LogP contribution in [0, 0.1) is 6.07 Å². The molecule has 0 bridgehead atoms. The van der Waals surface area contributed by atoms with E-state index in [1.54, 1.807) is 18.2 Å². The molecule has 1 N–H and O–H groups in total. The standard InChI is InChI=1S/C12H17ClNO2S/c1-2-3-4-9-17(15,16)14-10-11-5-7-12(13)8-6-11/h5,7-8,14H,2-4,9-10H2,1H3. The van der Waals surface area contributed by atoms with Gasteiger partial charge >= 0.3 is 0 Å². The van der Waals surface area contributed by atoms with Crippen molar-refractivity contribution in [3.8, 4) is 0 Å². The first-order valence-electron chi connectivity index (χ1n) is 5.67. The minimum Gasteiger partial charge on any atom is -0.212 e. The summed E-state index contributed by atoms with van der Waals surface area (Å²) in [4.78, 5) is 0. The molecule has 1 rings (SSSR count). The molecule has 1 aromatic rings. The van der Waals surface area contributed by atoms with Crippen LogP contribution in [0.15, 0.2) is 18.2 Å². The molecule has 5 heteroatoms. The number of hydrogen-bond acceptors (Lipinski definition) is 2. The maximum atomic E-state index is 11.6. The number of unbranched alkanes of at least 4 members (excludes halogenated alkanes) is 2. The highest BCUT2D eigenvalue weighted by Crippen LogP contribution is 2.09. The molecule has 0 fully saturated rings. The third-order valence-electron chi connectivity index (χ3n) is 2.34. The van der Waals surface area contributed by atoms with Gasteiger partial charge in [0.1, 0.15) is 0 Å². The zero-order valence-electron chi connectivity index (χ0n) is 9.87. The van der Waals surface area contributed by atoms with Gasteiger partial charge in [0.05, 0.1) is 5.75 Å². The molecule has 0 saturated heterocycles. The summed E-state index contributed by atoms with van der Waals surface area (Å²) in [5.41, 5.74) is 0.786. The summed E-state index contributed by atoms with van der Waals surface area (Å²) < 4.78 is 25.7. The summed E-state index contributed by atoms with van der Waals surface area (Å²) >= 11 is 5.72. The molecule has 0 aliphatic rings. The van der Waals surface area contributed by atoms with Gasteiger partial charge in [-0.25, -0.2) is 13.1 Å². The van der Waals surface area contributed by atoms with Crippen molar-refractivity contribution in [3.63, 3.8) is 0 Å². The van der Waals surface area contributed by atoms with Crippen molar-refractivity contribution >= 4 is 21.6 Å². The lowest BCUT2D eigenvalue weighted by Gasteiger charge is -2.06. The number of sulfonamides is 1. The highest BCUT2D eigenvalue weighted by Gasteiger charge is 2.08. The lowest BCUT2D eigenvalue weighted by molar-refractivity contribution is 0.576. The van der Waals surface area contributed by atoms with Crippen LogP contribution >= 0.6 is 11.6 Å². The number of hydrogen-bond donors (Lipinski definition) is 1. The molecular weight excluding hydrogens is 258 g/mol. The third kappa shape index (κ3) is 6.05. The molecule has 0 amide bonds. The first-order valence-corrected chi connectivity index (χ1v) is 7.70. The van der Waals surface area contributed by atoms with Crippen molar-refractivity contribution in [2.45, 2.75) is 32.7 Å². The topological polar surface area (TPSA) is 46.2 Å². The van der Waals surface area contributed by atoms with Crippen LogP contribution < -0.4 is 4.72 Å². The molecule has 1 radical (unpaired) electrons. The summed E-state index contributed by atoms with van der Waals surface area (Å²) in [5.74, 6) is 0.189. The molecule has 1 aromatic carbocycles. The molecular formula is C12H17ClNO2S. The zero-order chi connectivity index (χ0) is 12.7. The molecule has 0 aromatic heterocycles. The van der Waals surface area contributed by atoms with Crippen LogP contribution in [0.3, 0.4) is 0 Å². The van der Waals surface area contributed by atoms with E-state index in [0.717, 1.165) is 18.4 Å². The van der Waals surface area contributed by atoms with E-state index in [-0.39, 0.29) is 12.3 Å². The Morgan fingerprint density at radius 3 is 2.71 bits per heavy atom. The summed E-state index contributed by atoms with van der Waals surface area (Å²) in [7, 11) is -3.17. The van der Waals surface area contributed by atoms with Crippen LogP contribution in [-0.2, 0) is 16.6 Å². The second-order valence-electron chi connectivity index (χ2n) is 3.88. The van der Waals surface area contributed by atoms with Crippen LogP contribution in [0.4, 0.5) is 0 Å². The Hall–Kier alpha value is -0.580. The fourth-order valence-electron chi connectivity index (χ4n) is 1.35. The highest BCUT2D eigenvalue weighted by atomic mass is 35.5. The predicted molar refractivity (Wildman–Crippen MR) is 70.4 cm³/mol. The summed E-state index contributed by atoms with van der Waals surface area (Å²) in [6.45, 7) is 2.31. The van der Waals surface area contributed by atoms with Crippen molar-refractivity contribution < 1.29 is 8.42 Å². The van der Waals surface area contributed by atoms with E-state index in [1.807, 2.05) is 6.92 Å². The Morgan fingerprint density at radius 2 is 2.12 bits per heavy atom. The van der Waals surface area contributed by atoms with Crippen molar-refractivity contribution in [1.29, 1.82) is 0 Å². The lowest BCUT2D eigenvalue weighted by atomic mass is 10.2. The van der Waals surface area contributed by atoms with Crippen LogP contribution in [-0.4, -0.2) is 14.2 Å². The van der Waals surface area contributed by atoms with E-state index in [1.165, 1.54) is 0 Å². The number of benzene rings is 1. The molecule has 0 saturated carbocycles. The summed E-state index contributed by atoms with van der Waals surface area (Å²) in [5, 5.41) is 0.597. The average Bonchev–Trinajstić information content (AvgIpc) is 2.29. The van der Waals surface area contributed by atoms with Gasteiger partial charge in [-0.2, -0.15) is 0 Å². The van der Waals surface area contributed by atoms with E-state index in [9.17, 15) is 8.42 Å². The smallest absolute Gasteiger partial charge is 0.211 e. The largest absolute Gasteiger partial charge is 0.212 e. The SMILES string of the molecule is CCCCCS(=O)(=O)NCc1[c]cc(Cl)cc1. The fraction of sp³-hybridized carbons (Fsp3) is 0.500. The molecule has 0 heterocycles. The number of rotatable bonds is 7. The van der Waals surface area contributed by atoms with Gasteiger partial charge in [0.15, 0.2) is 0 Å². The van der Waals surface area contributed by atoms with Crippen molar-refractivity contribution in [2.24, 2.45) is 0 Å². The second kappa shape index (κ2) is 6.99. The van der Waals surface area contributed by atoms with Gasteiger partial charge in [0.2, 0.25) is 10.0 Å². The summed E-state index contributed by atoms with van der Waals surface area (Å²) in [6.07, 6.45) is 2.66. The van der Waals surface area contributed by atoms with Gasteiger partial charge in [-0.3, -0.25) is 0 Å². The van der Waals surface area contributed by atoms with E-state index in [2.05, 4.69) is 10.8 Å². The first kappa shape index (κ1) is 14.5. The van der Waals surface area contributed by atoms with Crippen LogP contribution in [0.2, 0.25) is 5.02 Å². The Labute approximate surface area is 108 Å². The normalized spacial score (nSPS) is 11.6. The van der Waals surface area contributed by atoms with Crippen LogP contribution in [0.25, 0.3) is 0 Å². The van der Waals surface area contributed by atoms with E-state index in [4.69, 9.17) is 11.6 Å². The van der Waals surface area contributed by atoms with Gasteiger partial charge in [-0.05, 0) is 30.2 Å². The molecule has 3 nitrogen and oxygen atoms in total. The number of halogens is 1. The van der Waals surface area contributed by atoms with Gasteiger partial charge in [-0.15, -0.1) is 0 Å². The van der Waals surface area contributed by atoms with E-state index < -0.39 is 10.0 Å². The van der Waals surface area contributed by atoms with Gasteiger partial charge in [0, 0.05) is 11.6 Å². The molecule has 0 atom stereocenters. The van der Waals surface area contributed by atoms with Gasteiger partial charge in [-0.1, -0.05) is 37.4 Å². The fourth-order valence-corrected chi connectivity index (χ4v) is 2.57. The summed E-state index contributed by atoms with van der Waals surface area (Å²) in [6, 6.07) is 8.03. The Morgan fingerprint density at radius 1 is 1.35 bits per heavy atom. The zero-order valence-corrected chi connectivity index (χ0v) is 11.4. The molecule has 95 valence electrons. The maximum absolute atomic E-state index is 11.6. The molecule has 0 unspecified atom stereocenters. The first-order chi connectivity index (χ1) is 8.03. The Bertz CT molecular complexity index is 428. The second-order valence-corrected chi connectivity index (χ2v) is 6.24. The van der Waals surface area contributed by atoms with Crippen LogP contribution in [0.5, 0.6) is 0 Å². The van der Waals surface area contributed by atoms with Crippen molar-refractivity contribution in [3.05, 3.63) is 34.9 Å². The molecule has 17 heavy (non-hydrogen) atoms. The monoisotopic (exact) mass is 274 g/mol. The highest BCUT2D eigenvalue weighted by molar-refractivity contribution is 7.89. The quantitative estimate of drug-likeness (QED) is 0.777.